The van der Waals surface area contributed by atoms with E-state index in [1.165, 1.54) is 18.9 Å². The number of hydrogen-bond acceptors (Lipinski definition) is 3. The molecular formula is C17H23NO3. The molecule has 1 saturated carbocycles. The van der Waals surface area contributed by atoms with Crippen LogP contribution < -0.4 is 4.90 Å². The molecule has 0 heterocycles. The molecule has 1 aromatic carbocycles. The Hall–Kier alpha value is -1.81. The first-order valence-corrected chi connectivity index (χ1v) is 7.39. The topological polar surface area (TPSA) is 49.8 Å². The molecule has 0 saturated heterocycles. The van der Waals surface area contributed by atoms with Crippen LogP contribution in [0, 0.1) is 5.92 Å². The van der Waals surface area contributed by atoms with Crippen molar-refractivity contribution in [3.05, 3.63) is 35.9 Å². The zero-order valence-corrected chi connectivity index (χ0v) is 12.7. The molecule has 1 aliphatic rings. The van der Waals surface area contributed by atoms with Crippen LogP contribution in [0.4, 0.5) is 5.69 Å². The zero-order chi connectivity index (χ0) is 15.2. The van der Waals surface area contributed by atoms with E-state index in [2.05, 4.69) is 17.9 Å². The Labute approximate surface area is 126 Å². The minimum Gasteiger partial charge on any atom is -0.478 e. The lowest BCUT2D eigenvalue weighted by Crippen LogP contribution is -2.37. The van der Waals surface area contributed by atoms with Crippen molar-refractivity contribution in [1.82, 2.24) is 0 Å². The molecule has 0 bridgehead atoms. The number of hydrogen-bond donors (Lipinski definition) is 1. The van der Waals surface area contributed by atoms with Crippen molar-refractivity contribution in [1.29, 1.82) is 0 Å². The number of methoxy groups -OCH3 is 1. The van der Waals surface area contributed by atoms with Gasteiger partial charge in [-0.15, -0.1) is 0 Å². The maximum atomic E-state index is 10.8. The Bertz CT molecular complexity index is 509. The number of carboxylic acids is 1. The highest BCUT2D eigenvalue weighted by molar-refractivity contribution is 5.87. The number of anilines is 1. The average molecular weight is 289 g/mol. The van der Waals surface area contributed by atoms with Crippen LogP contribution in [-0.2, 0) is 9.53 Å². The Morgan fingerprint density at radius 1 is 1.48 bits per heavy atom. The zero-order valence-electron chi connectivity index (χ0n) is 12.7. The number of nitrogens with zero attached hydrogens (tertiary/aromatic N) is 1. The SMILES string of the molecule is COCCN(c1ccccc1C=CC(=O)O)C(C)C1CC1. The molecule has 1 aromatic rings. The minimum atomic E-state index is -0.927. The highest BCUT2D eigenvalue weighted by atomic mass is 16.5. The molecule has 4 nitrogen and oxygen atoms in total. The average Bonchev–Trinajstić information content (AvgIpc) is 3.31. The van der Waals surface area contributed by atoms with Gasteiger partial charge in [-0.05, 0) is 43.4 Å². The second kappa shape index (κ2) is 7.27. The summed E-state index contributed by atoms with van der Waals surface area (Å²) in [5.41, 5.74) is 2.01. The van der Waals surface area contributed by atoms with Gasteiger partial charge in [0.05, 0.1) is 6.61 Å². The van der Waals surface area contributed by atoms with E-state index in [0.717, 1.165) is 23.7 Å². The summed E-state index contributed by atoms with van der Waals surface area (Å²) in [4.78, 5) is 13.1. The van der Waals surface area contributed by atoms with Gasteiger partial charge >= 0.3 is 5.97 Å². The molecule has 1 fully saturated rings. The fourth-order valence-electron chi connectivity index (χ4n) is 2.62. The number of carboxylic acid groups (broad SMARTS) is 1. The summed E-state index contributed by atoms with van der Waals surface area (Å²) in [5.74, 6) is -0.193. The van der Waals surface area contributed by atoms with Crippen LogP contribution in [0.3, 0.4) is 0 Å². The molecule has 0 aromatic heterocycles. The second-order valence-electron chi connectivity index (χ2n) is 5.49. The number of para-hydroxylation sites is 1. The normalized spacial score (nSPS) is 16.1. The van der Waals surface area contributed by atoms with E-state index >= 15 is 0 Å². The van der Waals surface area contributed by atoms with E-state index in [9.17, 15) is 4.79 Å². The Morgan fingerprint density at radius 2 is 2.19 bits per heavy atom. The summed E-state index contributed by atoms with van der Waals surface area (Å²) in [6.45, 7) is 3.71. The first kappa shape index (κ1) is 15.6. The minimum absolute atomic E-state index is 0.444. The van der Waals surface area contributed by atoms with Gasteiger partial charge in [-0.25, -0.2) is 4.79 Å². The summed E-state index contributed by atoms with van der Waals surface area (Å²) < 4.78 is 5.23. The van der Waals surface area contributed by atoms with Crippen LogP contribution in [0.1, 0.15) is 25.3 Å². The van der Waals surface area contributed by atoms with Gasteiger partial charge in [0.1, 0.15) is 0 Å². The number of aliphatic carboxylic acids is 1. The molecule has 1 unspecified atom stereocenters. The first-order chi connectivity index (χ1) is 10.1. The van der Waals surface area contributed by atoms with Gasteiger partial charge in [0, 0.05) is 31.5 Å². The van der Waals surface area contributed by atoms with E-state index in [1.54, 1.807) is 13.2 Å². The van der Waals surface area contributed by atoms with E-state index in [1.807, 2.05) is 18.2 Å². The smallest absolute Gasteiger partial charge is 0.328 e. The number of rotatable bonds is 8. The lowest BCUT2D eigenvalue weighted by molar-refractivity contribution is -0.131. The van der Waals surface area contributed by atoms with Crippen molar-refractivity contribution in [3.8, 4) is 0 Å². The maximum absolute atomic E-state index is 10.8. The van der Waals surface area contributed by atoms with Crippen molar-refractivity contribution in [2.24, 2.45) is 5.92 Å². The van der Waals surface area contributed by atoms with Crippen molar-refractivity contribution in [2.45, 2.75) is 25.8 Å². The molecule has 0 aliphatic heterocycles. The van der Waals surface area contributed by atoms with Crippen LogP contribution in [0.25, 0.3) is 6.08 Å². The molecule has 1 N–H and O–H groups in total. The van der Waals surface area contributed by atoms with Crippen LogP contribution >= 0.6 is 0 Å². The molecule has 0 spiro atoms. The third kappa shape index (κ3) is 4.33. The summed E-state index contributed by atoms with van der Waals surface area (Å²) >= 11 is 0. The highest BCUT2D eigenvalue weighted by Gasteiger charge is 2.32. The molecule has 21 heavy (non-hydrogen) atoms. The van der Waals surface area contributed by atoms with E-state index in [0.29, 0.717) is 12.6 Å². The van der Waals surface area contributed by atoms with Crippen LogP contribution in [0.2, 0.25) is 0 Å². The van der Waals surface area contributed by atoms with Crippen LogP contribution in [0.15, 0.2) is 30.3 Å². The molecule has 0 amide bonds. The Kier molecular flexibility index (Phi) is 5.39. The van der Waals surface area contributed by atoms with Gasteiger partial charge in [-0.2, -0.15) is 0 Å². The second-order valence-corrected chi connectivity index (χ2v) is 5.49. The lowest BCUT2D eigenvalue weighted by atomic mass is 10.1. The fourth-order valence-corrected chi connectivity index (χ4v) is 2.62. The summed E-state index contributed by atoms with van der Waals surface area (Å²) in [6.07, 6.45) is 5.40. The molecule has 0 radical (unpaired) electrons. The van der Waals surface area contributed by atoms with Crippen molar-refractivity contribution in [2.75, 3.05) is 25.2 Å². The van der Waals surface area contributed by atoms with Gasteiger partial charge in [-0.1, -0.05) is 18.2 Å². The quantitative estimate of drug-likeness (QED) is 0.747. The summed E-state index contributed by atoms with van der Waals surface area (Å²) in [6, 6.07) is 8.37. The number of benzene rings is 1. The van der Waals surface area contributed by atoms with Crippen molar-refractivity contribution < 1.29 is 14.6 Å². The van der Waals surface area contributed by atoms with Crippen molar-refractivity contribution >= 4 is 17.7 Å². The van der Waals surface area contributed by atoms with Crippen LogP contribution in [0.5, 0.6) is 0 Å². The Balaban J connectivity index is 2.27. The molecule has 2 rings (SSSR count). The molecule has 1 aliphatic carbocycles. The van der Waals surface area contributed by atoms with Gasteiger partial charge in [0.2, 0.25) is 0 Å². The lowest BCUT2D eigenvalue weighted by Gasteiger charge is -2.32. The standard InChI is InChI=1S/C17H23NO3/c1-13(14-7-8-14)18(11-12-21-2)16-6-4-3-5-15(16)9-10-17(19)20/h3-6,9-10,13-14H,7-8,11-12H2,1-2H3,(H,19,20). The van der Waals surface area contributed by atoms with Gasteiger partial charge in [0.15, 0.2) is 0 Å². The maximum Gasteiger partial charge on any atom is 0.328 e. The third-order valence-corrected chi connectivity index (χ3v) is 3.98. The number of ether oxygens (including phenoxy) is 1. The third-order valence-electron chi connectivity index (χ3n) is 3.98. The molecule has 4 heteroatoms. The molecular weight excluding hydrogens is 266 g/mol. The predicted octanol–water partition coefficient (Wildman–Crippen LogP) is 3.04. The monoisotopic (exact) mass is 289 g/mol. The predicted molar refractivity (Wildman–Crippen MR) is 84.5 cm³/mol. The van der Waals surface area contributed by atoms with Crippen molar-refractivity contribution in [3.63, 3.8) is 0 Å². The van der Waals surface area contributed by atoms with E-state index in [4.69, 9.17) is 9.84 Å². The molecule has 1 atom stereocenters. The van der Waals surface area contributed by atoms with Gasteiger partial charge < -0.3 is 14.7 Å². The van der Waals surface area contributed by atoms with Gasteiger partial charge in [-0.3, -0.25) is 0 Å². The molecule has 114 valence electrons. The number of carbonyl (C=O) groups is 1. The largest absolute Gasteiger partial charge is 0.478 e. The van der Waals surface area contributed by atoms with E-state index in [-0.39, 0.29) is 0 Å². The first-order valence-electron chi connectivity index (χ1n) is 7.39. The van der Waals surface area contributed by atoms with Gasteiger partial charge in [0.25, 0.3) is 0 Å². The van der Waals surface area contributed by atoms with E-state index < -0.39 is 5.97 Å². The van der Waals surface area contributed by atoms with Crippen LogP contribution in [-0.4, -0.2) is 37.4 Å². The highest BCUT2D eigenvalue weighted by Crippen LogP contribution is 2.37. The Morgan fingerprint density at radius 3 is 2.81 bits per heavy atom. The fraction of sp³-hybridized carbons (Fsp3) is 0.471. The summed E-state index contributed by atoms with van der Waals surface area (Å²) in [5, 5.41) is 8.83. The summed E-state index contributed by atoms with van der Waals surface area (Å²) in [7, 11) is 1.70.